The third kappa shape index (κ3) is 3.03. The molecular formula is C10H15ClN2O3S2. The van der Waals surface area contributed by atoms with Crippen molar-refractivity contribution in [3.05, 3.63) is 10.2 Å². The zero-order valence-electron chi connectivity index (χ0n) is 10.2. The lowest BCUT2D eigenvalue weighted by atomic mass is 9.97. The highest BCUT2D eigenvalue weighted by Crippen LogP contribution is 2.29. The highest BCUT2D eigenvalue weighted by molar-refractivity contribution is 7.91. The number of ether oxygens (including phenoxy) is 1. The third-order valence-corrected chi connectivity index (χ3v) is 6.30. The lowest BCUT2D eigenvalue weighted by Crippen LogP contribution is -2.51. The van der Waals surface area contributed by atoms with E-state index in [9.17, 15) is 8.42 Å². The molecule has 0 radical (unpaired) electrons. The summed E-state index contributed by atoms with van der Waals surface area (Å²) in [6.07, 6.45) is 1.61. The first kappa shape index (κ1) is 14.2. The van der Waals surface area contributed by atoms with E-state index in [2.05, 4.69) is 9.71 Å². The number of nitrogens with one attached hydrogen (secondary N) is 1. The van der Waals surface area contributed by atoms with Crippen LogP contribution in [0.15, 0.2) is 4.21 Å². The van der Waals surface area contributed by atoms with Gasteiger partial charge in [0.2, 0.25) is 0 Å². The molecule has 0 spiro atoms. The van der Waals surface area contributed by atoms with Crippen molar-refractivity contribution in [2.75, 3.05) is 13.2 Å². The van der Waals surface area contributed by atoms with Crippen molar-refractivity contribution in [1.29, 1.82) is 0 Å². The highest BCUT2D eigenvalue weighted by Gasteiger charge is 2.34. The predicted octanol–water partition coefficient (Wildman–Crippen LogP) is 1.95. The number of thiazole rings is 1. The molecule has 1 atom stereocenters. The number of aromatic nitrogens is 1. The number of rotatable bonds is 3. The molecule has 8 heteroatoms. The standard InChI is InChI=1S/C10H15ClN2O3S2/c1-7-8(17-9(11)12-7)18(14,15)13-10(2)4-3-5-16-6-10/h13H,3-6H2,1-2H3. The SMILES string of the molecule is Cc1nc(Cl)sc1S(=O)(=O)NC1(C)CCCOC1. The first-order valence-corrected chi connectivity index (χ1v) is 8.25. The van der Waals surface area contributed by atoms with E-state index in [0.29, 0.717) is 18.9 Å². The van der Waals surface area contributed by atoms with Gasteiger partial charge < -0.3 is 4.74 Å². The summed E-state index contributed by atoms with van der Waals surface area (Å²) in [5.74, 6) is 0. The average Bonchev–Trinajstić information content (AvgIpc) is 2.58. The Morgan fingerprint density at radius 1 is 1.56 bits per heavy atom. The number of nitrogens with zero attached hydrogens (tertiary/aromatic N) is 1. The van der Waals surface area contributed by atoms with E-state index in [1.807, 2.05) is 6.92 Å². The van der Waals surface area contributed by atoms with Crippen LogP contribution in [-0.4, -0.2) is 32.2 Å². The van der Waals surface area contributed by atoms with Crippen LogP contribution in [0.25, 0.3) is 0 Å². The molecule has 1 fully saturated rings. The summed E-state index contributed by atoms with van der Waals surface area (Å²) in [6, 6.07) is 0. The van der Waals surface area contributed by atoms with E-state index >= 15 is 0 Å². The molecule has 0 aromatic carbocycles. The first-order chi connectivity index (χ1) is 8.32. The summed E-state index contributed by atoms with van der Waals surface area (Å²) < 4.78 is 33.0. The summed E-state index contributed by atoms with van der Waals surface area (Å²) in [6.45, 7) is 4.55. The van der Waals surface area contributed by atoms with Crippen molar-refractivity contribution >= 4 is 33.0 Å². The largest absolute Gasteiger partial charge is 0.380 e. The summed E-state index contributed by atoms with van der Waals surface area (Å²) in [4.78, 5) is 3.93. The molecule has 2 heterocycles. The lowest BCUT2D eigenvalue weighted by Gasteiger charge is -2.33. The molecule has 102 valence electrons. The van der Waals surface area contributed by atoms with E-state index in [1.165, 1.54) is 0 Å². The van der Waals surface area contributed by atoms with Crippen molar-refractivity contribution in [3.8, 4) is 0 Å². The Kier molecular flexibility index (Phi) is 3.99. The zero-order valence-corrected chi connectivity index (χ0v) is 12.6. The molecule has 1 aliphatic rings. The fraction of sp³-hybridized carbons (Fsp3) is 0.700. The van der Waals surface area contributed by atoms with Crippen molar-refractivity contribution < 1.29 is 13.2 Å². The normalized spacial score (nSPS) is 25.3. The second-order valence-electron chi connectivity index (χ2n) is 4.66. The van der Waals surface area contributed by atoms with E-state index in [4.69, 9.17) is 16.3 Å². The van der Waals surface area contributed by atoms with Gasteiger partial charge in [-0.15, -0.1) is 0 Å². The summed E-state index contributed by atoms with van der Waals surface area (Å²) in [7, 11) is -3.59. The molecule has 2 rings (SSSR count). The van der Waals surface area contributed by atoms with Crippen molar-refractivity contribution in [1.82, 2.24) is 9.71 Å². The van der Waals surface area contributed by atoms with Gasteiger partial charge >= 0.3 is 0 Å². The second-order valence-corrected chi connectivity index (χ2v) is 8.12. The molecule has 0 aliphatic carbocycles. The highest BCUT2D eigenvalue weighted by atomic mass is 35.5. The Hall–Kier alpha value is -0.210. The minimum atomic E-state index is -3.59. The van der Waals surface area contributed by atoms with Crippen LogP contribution >= 0.6 is 22.9 Å². The van der Waals surface area contributed by atoms with Crippen LogP contribution in [0.3, 0.4) is 0 Å². The van der Waals surface area contributed by atoms with E-state index in [-0.39, 0.29) is 8.68 Å². The van der Waals surface area contributed by atoms with Crippen LogP contribution in [0.2, 0.25) is 4.47 Å². The number of sulfonamides is 1. The van der Waals surface area contributed by atoms with Crippen LogP contribution in [-0.2, 0) is 14.8 Å². The molecule has 1 aliphatic heterocycles. The minimum Gasteiger partial charge on any atom is -0.380 e. The molecule has 5 nitrogen and oxygen atoms in total. The quantitative estimate of drug-likeness (QED) is 0.926. The summed E-state index contributed by atoms with van der Waals surface area (Å²) >= 11 is 6.71. The number of hydrogen-bond donors (Lipinski definition) is 1. The van der Waals surface area contributed by atoms with Crippen LogP contribution in [0.4, 0.5) is 0 Å². The van der Waals surface area contributed by atoms with Crippen LogP contribution in [0.5, 0.6) is 0 Å². The van der Waals surface area contributed by atoms with Gasteiger partial charge in [0.1, 0.15) is 0 Å². The molecule has 0 bridgehead atoms. The van der Waals surface area contributed by atoms with Crippen LogP contribution < -0.4 is 4.72 Å². The maximum absolute atomic E-state index is 12.3. The molecule has 1 saturated heterocycles. The van der Waals surface area contributed by atoms with Gasteiger partial charge in [0.15, 0.2) is 8.68 Å². The molecular weight excluding hydrogens is 296 g/mol. The van der Waals surface area contributed by atoms with Gasteiger partial charge in [-0.3, -0.25) is 0 Å². The zero-order chi connectivity index (χ0) is 13.4. The van der Waals surface area contributed by atoms with Gasteiger partial charge in [0.05, 0.1) is 17.8 Å². The minimum absolute atomic E-state index is 0.180. The molecule has 0 saturated carbocycles. The monoisotopic (exact) mass is 310 g/mol. The van der Waals surface area contributed by atoms with Crippen LogP contribution in [0.1, 0.15) is 25.5 Å². The maximum atomic E-state index is 12.3. The Morgan fingerprint density at radius 3 is 2.78 bits per heavy atom. The van der Waals surface area contributed by atoms with Crippen molar-refractivity contribution in [3.63, 3.8) is 0 Å². The molecule has 1 N–H and O–H groups in total. The van der Waals surface area contributed by atoms with E-state index in [0.717, 1.165) is 24.2 Å². The van der Waals surface area contributed by atoms with Crippen LogP contribution in [0, 0.1) is 6.92 Å². The average molecular weight is 311 g/mol. The number of hydrogen-bond acceptors (Lipinski definition) is 5. The van der Waals surface area contributed by atoms with E-state index < -0.39 is 15.6 Å². The Bertz CT molecular complexity index is 535. The van der Waals surface area contributed by atoms with Gasteiger partial charge in [-0.25, -0.2) is 18.1 Å². The number of halogens is 1. The smallest absolute Gasteiger partial charge is 0.252 e. The molecule has 1 aromatic rings. The van der Waals surface area contributed by atoms with Crippen molar-refractivity contribution in [2.24, 2.45) is 0 Å². The summed E-state index contributed by atoms with van der Waals surface area (Å²) in [5.41, 5.74) is -0.127. The fourth-order valence-corrected chi connectivity index (χ4v) is 5.15. The molecule has 18 heavy (non-hydrogen) atoms. The topological polar surface area (TPSA) is 68.3 Å². The number of aryl methyl sites for hydroxylation is 1. The van der Waals surface area contributed by atoms with Crippen molar-refractivity contribution in [2.45, 2.75) is 36.4 Å². The lowest BCUT2D eigenvalue weighted by molar-refractivity contribution is 0.0387. The Balaban J connectivity index is 2.24. The second kappa shape index (κ2) is 5.05. The Labute approximate surface area is 116 Å². The van der Waals surface area contributed by atoms with E-state index in [1.54, 1.807) is 6.92 Å². The third-order valence-electron chi connectivity index (χ3n) is 2.79. The molecule has 1 unspecified atom stereocenters. The van der Waals surface area contributed by atoms with Gasteiger partial charge in [0, 0.05) is 6.61 Å². The predicted molar refractivity (Wildman–Crippen MR) is 70.6 cm³/mol. The van der Waals surface area contributed by atoms with Gasteiger partial charge in [-0.2, -0.15) is 0 Å². The molecule has 1 aromatic heterocycles. The maximum Gasteiger partial charge on any atom is 0.252 e. The van der Waals surface area contributed by atoms with Gasteiger partial charge in [-0.05, 0) is 26.7 Å². The first-order valence-electron chi connectivity index (χ1n) is 5.57. The Morgan fingerprint density at radius 2 is 2.28 bits per heavy atom. The van der Waals surface area contributed by atoms with Gasteiger partial charge in [0.25, 0.3) is 10.0 Å². The molecule has 0 amide bonds. The summed E-state index contributed by atoms with van der Waals surface area (Å²) in [5, 5.41) is 0. The van der Waals surface area contributed by atoms with Gasteiger partial charge in [-0.1, -0.05) is 22.9 Å². The fourth-order valence-electron chi connectivity index (χ4n) is 1.99.